The number of nitrogens with one attached hydrogen (secondary N) is 1. The van der Waals surface area contributed by atoms with Gasteiger partial charge in [0.1, 0.15) is 0 Å². The van der Waals surface area contributed by atoms with Crippen LogP contribution in [0.4, 0.5) is 11.4 Å². The number of amides is 1. The van der Waals surface area contributed by atoms with Crippen LogP contribution >= 0.6 is 23.4 Å². The summed E-state index contributed by atoms with van der Waals surface area (Å²) < 4.78 is 0. The molecule has 0 bridgehead atoms. The lowest BCUT2D eigenvalue weighted by atomic mass is 10.3. The van der Waals surface area contributed by atoms with Gasteiger partial charge in [0.2, 0.25) is 5.91 Å². The number of rotatable bonds is 8. The average Bonchev–Trinajstić information content (AvgIpc) is 2.42. The van der Waals surface area contributed by atoms with Crippen molar-refractivity contribution in [3.05, 3.63) is 23.2 Å². The molecular weight excluding hydrogens is 294 g/mol. The van der Waals surface area contributed by atoms with E-state index >= 15 is 0 Å². The summed E-state index contributed by atoms with van der Waals surface area (Å²) in [6.07, 6.45) is 0. The number of thioether (sulfide) groups is 1. The molecule has 0 atom stereocenters. The molecule has 1 rings (SSSR count). The Morgan fingerprint density at radius 2 is 2.10 bits per heavy atom. The molecule has 0 aliphatic rings. The standard InChI is InChI=1S/C14H22ClN3OS/c1-3-18(4-2)7-8-20-10-14(19)17-13-6-5-11(16)9-12(13)15/h5-6,9H,3-4,7-8,10,16H2,1-2H3,(H,17,19). The van der Waals surface area contributed by atoms with E-state index in [-0.39, 0.29) is 5.91 Å². The minimum absolute atomic E-state index is 0.0405. The summed E-state index contributed by atoms with van der Waals surface area (Å²) in [6.45, 7) is 7.39. The van der Waals surface area contributed by atoms with Crippen LogP contribution in [-0.2, 0) is 4.79 Å². The SMILES string of the molecule is CCN(CC)CCSCC(=O)Nc1ccc(N)cc1Cl. The third-order valence-corrected chi connectivity index (χ3v) is 4.20. The molecule has 0 fully saturated rings. The molecule has 1 aromatic rings. The van der Waals surface area contributed by atoms with Gasteiger partial charge < -0.3 is 16.0 Å². The number of halogens is 1. The number of nitrogens with two attached hydrogens (primary N) is 1. The number of nitrogens with zero attached hydrogens (tertiary/aromatic N) is 1. The van der Waals surface area contributed by atoms with Crippen molar-refractivity contribution in [2.75, 3.05) is 42.2 Å². The van der Waals surface area contributed by atoms with Gasteiger partial charge in [-0.05, 0) is 31.3 Å². The molecule has 112 valence electrons. The van der Waals surface area contributed by atoms with Crippen LogP contribution in [0.2, 0.25) is 5.02 Å². The summed E-state index contributed by atoms with van der Waals surface area (Å²) in [5.74, 6) is 1.34. The van der Waals surface area contributed by atoms with E-state index in [1.54, 1.807) is 30.0 Å². The molecule has 0 aromatic heterocycles. The number of carbonyl (C=O) groups excluding carboxylic acids is 1. The van der Waals surface area contributed by atoms with E-state index in [0.29, 0.717) is 22.2 Å². The van der Waals surface area contributed by atoms with E-state index in [4.69, 9.17) is 17.3 Å². The smallest absolute Gasteiger partial charge is 0.234 e. The van der Waals surface area contributed by atoms with E-state index in [2.05, 4.69) is 24.1 Å². The number of hydrogen-bond acceptors (Lipinski definition) is 4. The Hall–Kier alpha value is -0.910. The van der Waals surface area contributed by atoms with Crippen molar-refractivity contribution in [1.29, 1.82) is 0 Å². The predicted molar refractivity (Wildman–Crippen MR) is 89.6 cm³/mol. The lowest BCUT2D eigenvalue weighted by molar-refractivity contribution is -0.113. The second-order valence-corrected chi connectivity index (χ2v) is 5.88. The van der Waals surface area contributed by atoms with E-state index < -0.39 is 0 Å². The third-order valence-electron chi connectivity index (χ3n) is 2.95. The molecule has 1 aromatic carbocycles. The molecule has 1 amide bonds. The van der Waals surface area contributed by atoms with Gasteiger partial charge in [-0.3, -0.25) is 4.79 Å². The Morgan fingerprint density at radius 1 is 1.40 bits per heavy atom. The van der Waals surface area contributed by atoms with Crippen molar-refractivity contribution in [2.45, 2.75) is 13.8 Å². The first-order chi connectivity index (χ1) is 9.56. The highest BCUT2D eigenvalue weighted by Crippen LogP contribution is 2.24. The van der Waals surface area contributed by atoms with Gasteiger partial charge in [-0.2, -0.15) is 11.8 Å². The molecule has 0 unspecified atom stereocenters. The molecule has 0 radical (unpaired) electrons. The fraction of sp³-hybridized carbons (Fsp3) is 0.500. The van der Waals surface area contributed by atoms with Crippen LogP contribution in [0.1, 0.15) is 13.8 Å². The van der Waals surface area contributed by atoms with Crippen LogP contribution < -0.4 is 11.1 Å². The second-order valence-electron chi connectivity index (χ2n) is 4.37. The maximum Gasteiger partial charge on any atom is 0.234 e. The molecule has 6 heteroatoms. The van der Waals surface area contributed by atoms with Crippen LogP contribution in [0.3, 0.4) is 0 Å². The fourth-order valence-electron chi connectivity index (χ4n) is 1.72. The molecular formula is C14H22ClN3OS. The number of nitrogen functional groups attached to an aromatic ring is 1. The summed E-state index contributed by atoms with van der Waals surface area (Å²) in [4.78, 5) is 14.1. The summed E-state index contributed by atoms with van der Waals surface area (Å²) >= 11 is 7.63. The number of anilines is 2. The second kappa shape index (κ2) is 9.10. The lowest BCUT2D eigenvalue weighted by Gasteiger charge is -2.17. The highest BCUT2D eigenvalue weighted by molar-refractivity contribution is 7.99. The third kappa shape index (κ3) is 6.03. The van der Waals surface area contributed by atoms with Gasteiger partial charge in [0.15, 0.2) is 0 Å². The Balaban J connectivity index is 2.30. The van der Waals surface area contributed by atoms with Crippen LogP contribution in [0, 0.1) is 0 Å². The first-order valence-electron chi connectivity index (χ1n) is 6.71. The van der Waals surface area contributed by atoms with Gasteiger partial charge >= 0.3 is 0 Å². The Morgan fingerprint density at radius 3 is 2.70 bits per heavy atom. The Bertz CT molecular complexity index is 438. The molecule has 0 saturated heterocycles. The number of carbonyl (C=O) groups is 1. The first-order valence-corrected chi connectivity index (χ1v) is 8.25. The topological polar surface area (TPSA) is 58.4 Å². The highest BCUT2D eigenvalue weighted by atomic mass is 35.5. The molecule has 20 heavy (non-hydrogen) atoms. The summed E-state index contributed by atoms with van der Waals surface area (Å²) in [5, 5.41) is 3.26. The highest BCUT2D eigenvalue weighted by Gasteiger charge is 2.07. The lowest BCUT2D eigenvalue weighted by Crippen LogP contribution is -2.26. The zero-order valence-electron chi connectivity index (χ0n) is 12.0. The maximum atomic E-state index is 11.8. The van der Waals surface area contributed by atoms with Gasteiger partial charge in [0.05, 0.1) is 16.5 Å². The predicted octanol–water partition coefficient (Wildman–Crippen LogP) is 2.94. The van der Waals surface area contributed by atoms with Crippen LogP contribution in [0.5, 0.6) is 0 Å². The minimum Gasteiger partial charge on any atom is -0.399 e. The number of benzene rings is 1. The monoisotopic (exact) mass is 315 g/mol. The van der Waals surface area contributed by atoms with Crippen molar-refractivity contribution < 1.29 is 4.79 Å². The molecule has 0 aliphatic heterocycles. The van der Waals surface area contributed by atoms with Gasteiger partial charge in [-0.1, -0.05) is 25.4 Å². The van der Waals surface area contributed by atoms with Crippen molar-refractivity contribution >= 4 is 40.6 Å². The Labute approximate surface area is 130 Å². The van der Waals surface area contributed by atoms with E-state index in [9.17, 15) is 4.79 Å². The van der Waals surface area contributed by atoms with Crippen molar-refractivity contribution in [3.63, 3.8) is 0 Å². The molecule has 0 aliphatic carbocycles. The normalized spacial score (nSPS) is 10.8. The van der Waals surface area contributed by atoms with Crippen molar-refractivity contribution in [2.24, 2.45) is 0 Å². The van der Waals surface area contributed by atoms with E-state index in [1.807, 2.05) is 0 Å². The van der Waals surface area contributed by atoms with Gasteiger partial charge in [-0.15, -0.1) is 0 Å². The van der Waals surface area contributed by atoms with Crippen LogP contribution in [0.25, 0.3) is 0 Å². The first kappa shape index (κ1) is 17.1. The van der Waals surface area contributed by atoms with Gasteiger partial charge in [0.25, 0.3) is 0 Å². The van der Waals surface area contributed by atoms with Crippen LogP contribution in [0.15, 0.2) is 18.2 Å². The summed E-state index contributed by atoms with van der Waals surface area (Å²) in [7, 11) is 0. The summed E-state index contributed by atoms with van der Waals surface area (Å²) in [5.41, 5.74) is 6.80. The molecule has 0 spiro atoms. The fourth-order valence-corrected chi connectivity index (χ4v) is 2.74. The van der Waals surface area contributed by atoms with Gasteiger partial charge in [0, 0.05) is 18.0 Å². The number of hydrogen-bond donors (Lipinski definition) is 2. The molecule has 3 N–H and O–H groups in total. The zero-order valence-corrected chi connectivity index (χ0v) is 13.6. The molecule has 0 heterocycles. The molecule has 4 nitrogen and oxygen atoms in total. The summed E-state index contributed by atoms with van der Waals surface area (Å²) in [6, 6.07) is 5.07. The van der Waals surface area contributed by atoms with Gasteiger partial charge in [-0.25, -0.2) is 0 Å². The average molecular weight is 316 g/mol. The largest absolute Gasteiger partial charge is 0.399 e. The van der Waals surface area contributed by atoms with Crippen LogP contribution in [-0.4, -0.2) is 41.9 Å². The van der Waals surface area contributed by atoms with E-state index in [0.717, 1.165) is 25.4 Å². The molecule has 0 saturated carbocycles. The van der Waals surface area contributed by atoms with Crippen molar-refractivity contribution in [3.8, 4) is 0 Å². The zero-order chi connectivity index (χ0) is 15.0. The quantitative estimate of drug-likeness (QED) is 0.572. The van der Waals surface area contributed by atoms with Crippen molar-refractivity contribution in [1.82, 2.24) is 4.90 Å². The maximum absolute atomic E-state index is 11.8. The Kier molecular flexibility index (Phi) is 7.80. The minimum atomic E-state index is -0.0405. The van der Waals surface area contributed by atoms with E-state index in [1.165, 1.54) is 0 Å².